The number of nitrogens with one attached hydrogen (secondary N) is 6. The van der Waals surface area contributed by atoms with Crippen molar-refractivity contribution in [3.63, 3.8) is 0 Å². The number of ketones is 1. The highest BCUT2D eigenvalue weighted by molar-refractivity contribution is 6.00. The summed E-state index contributed by atoms with van der Waals surface area (Å²) in [5, 5.41) is 15.7. The molecular weight excluding hydrogens is 889 g/mol. The first-order valence-electron chi connectivity index (χ1n) is 25.0. The highest BCUT2D eigenvalue weighted by Gasteiger charge is 2.41. The number of nitrogens with zero attached hydrogens (tertiary/aromatic N) is 2. The van der Waals surface area contributed by atoms with Crippen molar-refractivity contribution >= 4 is 58.1 Å². The number of aromatic nitrogens is 1. The maximum absolute atomic E-state index is 14.8. The molecule has 17 nitrogen and oxygen atoms in total. The number of benzene rings is 3. The van der Waals surface area contributed by atoms with E-state index in [-0.39, 0.29) is 75.8 Å². The van der Waals surface area contributed by atoms with Crippen molar-refractivity contribution in [1.29, 1.82) is 0 Å². The van der Waals surface area contributed by atoms with Gasteiger partial charge in [0.15, 0.2) is 11.7 Å². The molecule has 10 N–H and O–H groups in total. The Bertz CT molecular complexity index is 2470. The van der Waals surface area contributed by atoms with E-state index in [1.807, 2.05) is 60.8 Å². The molecule has 0 radical (unpaired) electrons. The van der Waals surface area contributed by atoms with Crippen molar-refractivity contribution in [1.82, 2.24) is 36.5 Å². The summed E-state index contributed by atoms with van der Waals surface area (Å²) in [5.41, 5.74) is 14.0. The molecule has 6 atom stereocenters. The molecule has 4 aromatic rings. The molecule has 0 bridgehead atoms. The van der Waals surface area contributed by atoms with E-state index in [1.54, 1.807) is 30.3 Å². The van der Waals surface area contributed by atoms with Gasteiger partial charge in [-0.25, -0.2) is 0 Å². The van der Waals surface area contributed by atoms with E-state index in [1.165, 1.54) is 4.90 Å². The Hall–Kier alpha value is -7.04. The summed E-state index contributed by atoms with van der Waals surface area (Å²) < 4.78 is 0. The largest absolute Gasteiger partial charge is 0.370 e. The van der Waals surface area contributed by atoms with Crippen LogP contribution in [0.15, 0.2) is 96.1 Å². The predicted octanol–water partition coefficient (Wildman–Crippen LogP) is 3.71. The van der Waals surface area contributed by atoms with Crippen LogP contribution < -0.4 is 38.1 Å². The lowest BCUT2D eigenvalue weighted by atomic mass is 9.84. The van der Waals surface area contributed by atoms with Crippen LogP contribution in [0, 0.1) is 11.8 Å². The normalized spacial score (nSPS) is 22.7. The fraction of sp³-hybridized carbons (Fsp3) is 0.472. The van der Waals surface area contributed by atoms with Crippen LogP contribution in [-0.4, -0.2) is 107 Å². The van der Waals surface area contributed by atoms with Crippen LogP contribution in [-0.2, 0) is 41.6 Å². The molecule has 0 spiro atoms. The molecule has 3 heterocycles. The van der Waals surface area contributed by atoms with Gasteiger partial charge < -0.3 is 47.9 Å². The first-order chi connectivity index (χ1) is 33.9. The van der Waals surface area contributed by atoms with E-state index in [0.717, 1.165) is 54.1 Å². The summed E-state index contributed by atoms with van der Waals surface area (Å²) in [5.74, 6) is -4.05. The lowest BCUT2D eigenvalue weighted by Gasteiger charge is -2.32. The molecule has 6 amide bonds. The van der Waals surface area contributed by atoms with E-state index < -0.39 is 71.6 Å². The highest BCUT2D eigenvalue weighted by Crippen LogP contribution is 2.29. The SMILES string of the molecule is NC(N)=NCCC[C@@H]1CC(=O)[C@H](Cc2c[nH]c3ccccc23)NC(=O)[C@@H](CC2CCCCC2)NC(=O)[C@@H]2CCCN2C(=O)[C@@H](NC(=O)[C@H](Cc2ccccc2)NC(=O)c2ccccc2)CCCNC1=O. The third-order valence-corrected chi connectivity index (χ3v) is 13.9. The zero-order valence-corrected chi connectivity index (χ0v) is 39.8. The van der Waals surface area contributed by atoms with Gasteiger partial charge in [-0.05, 0) is 80.2 Å². The van der Waals surface area contributed by atoms with Gasteiger partial charge in [0, 0.05) is 67.5 Å². The summed E-state index contributed by atoms with van der Waals surface area (Å²) in [4.78, 5) is 110. The zero-order chi connectivity index (χ0) is 49.4. The number of fused-ring (bicyclic) bond motifs is 2. The van der Waals surface area contributed by atoms with Crippen LogP contribution >= 0.6 is 0 Å². The molecule has 3 aliphatic rings. The van der Waals surface area contributed by atoms with E-state index in [9.17, 15) is 33.6 Å². The molecule has 3 aromatic carbocycles. The second-order valence-electron chi connectivity index (χ2n) is 19.0. The van der Waals surface area contributed by atoms with Crippen molar-refractivity contribution in [2.24, 2.45) is 28.3 Å². The Labute approximate surface area is 409 Å². The van der Waals surface area contributed by atoms with Crippen LogP contribution in [0.2, 0.25) is 0 Å². The van der Waals surface area contributed by atoms with Gasteiger partial charge in [-0.3, -0.25) is 38.6 Å². The second kappa shape index (κ2) is 25.0. The van der Waals surface area contributed by atoms with Gasteiger partial charge in [0.1, 0.15) is 24.2 Å². The van der Waals surface area contributed by atoms with E-state index >= 15 is 0 Å². The van der Waals surface area contributed by atoms with Gasteiger partial charge in [-0.2, -0.15) is 0 Å². The summed E-state index contributed by atoms with van der Waals surface area (Å²) >= 11 is 0. The van der Waals surface area contributed by atoms with Crippen molar-refractivity contribution in [2.45, 2.75) is 127 Å². The minimum Gasteiger partial charge on any atom is -0.370 e. The summed E-state index contributed by atoms with van der Waals surface area (Å²) in [6.07, 6.45) is 8.92. The lowest BCUT2D eigenvalue weighted by molar-refractivity contribution is -0.142. The number of aromatic amines is 1. The van der Waals surface area contributed by atoms with Crippen LogP contribution in [0.3, 0.4) is 0 Å². The van der Waals surface area contributed by atoms with Gasteiger partial charge in [0.2, 0.25) is 29.5 Å². The fourth-order valence-corrected chi connectivity index (χ4v) is 10.1. The van der Waals surface area contributed by atoms with Gasteiger partial charge in [0.05, 0.1) is 6.04 Å². The zero-order valence-electron chi connectivity index (χ0n) is 39.8. The third-order valence-electron chi connectivity index (χ3n) is 13.9. The molecule has 70 heavy (non-hydrogen) atoms. The topological polar surface area (TPSA) is 263 Å². The summed E-state index contributed by atoms with van der Waals surface area (Å²) in [7, 11) is 0. The molecule has 1 saturated carbocycles. The van der Waals surface area contributed by atoms with Crippen molar-refractivity contribution in [3.8, 4) is 0 Å². The van der Waals surface area contributed by atoms with E-state index in [0.29, 0.717) is 31.2 Å². The number of guanidine groups is 1. The predicted molar refractivity (Wildman–Crippen MR) is 267 cm³/mol. The fourth-order valence-electron chi connectivity index (χ4n) is 10.1. The molecule has 0 unspecified atom stereocenters. The Kier molecular flexibility index (Phi) is 18.2. The Morgan fingerprint density at radius 2 is 1.49 bits per heavy atom. The number of para-hydroxylation sites is 1. The quantitative estimate of drug-likeness (QED) is 0.0520. The Morgan fingerprint density at radius 3 is 2.24 bits per heavy atom. The Morgan fingerprint density at radius 1 is 0.771 bits per heavy atom. The van der Waals surface area contributed by atoms with Crippen molar-refractivity contribution in [2.75, 3.05) is 19.6 Å². The van der Waals surface area contributed by atoms with Crippen LogP contribution in [0.25, 0.3) is 10.9 Å². The number of hydrogen-bond donors (Lipinski definition) is 8. The molecule has 7 rings (SSSR count). The number of rotatable bonds is 14. The first kappa shape index (κ1) is 50.8. The number of carbonyl (C=O) groups excluding carboxylic acids is 7. The molecule has 2 aliphatic heterocycles. The smallest absolute Gasteiger partial charge is 0.251 e. The van der Waals surface area contributed by atoms with Crippen LogP contribution in [0.4, 0.5) is 0 Å². The molecular formula is C53H68N10O7. The minimum absolute atomic E-state index is 0.0773. The Balaban J connectivity index is 1.19. The molecule has 372 valence electrons. The van der Waals surface area contributed by atoms with Crippen molar-refractivity contribution in [3.05, 3.63) is 108 Å². The van der Waals surface area contributed by atoms with Gasteiger partial charge in [-0.1, -0.05) is 98.8 Å². The molecule has 1 aliphatic carbocycles. The molecule has 2 saturated heterocycles. The van der Waals surface area contributed by atoms with Gasteiger partial charge in [0.25, 0.3) is 5.91 Å². The number of H-pyrrole nitrogens is 1. The number of amides is 6. The average molecular weight is 957 g/mol. The second-order valence-corrected chi connectivity index (χ2v) is 19.0. The lowest BCUT2D eigenvalue weighted by Crippen LogP contribution is -2.59. The summed E-state index contributed by atoms with van der Waals surface area (Å²) in [6, 6.07) is 20.2. The first-order valence-corrected chi connectivity index (χ1v) is 25.0. The van der Waals surface area contributed by atoms with Crippen LogP contribution in [0.5, 0.6) is 0 Å². The third kappa shape index (κ3) is 14.0. The minimum atomic E-state index is -1.15. The molecule has 1 aromatic heterocycles. The number of hydrogen-bond acceptors (Lipinski definition) is 8. The molecule has 3 fully saturated rings. The van der Waals surface area contributed by atoms with E-state index in [4.69, 9.17) is 11.5 Å². The van der Waals surface area contributed by atoms with Gasteiger partial charge >= 0.3 is 0 Å². The van der Waals surface area contributed by atoms with E-state index in [2.05, 4.69) is 36.6 Å². The molecule has 17 heteroatoms. The standard InChI is InChI=1S/C53H68N10O7/c54-53(55)57-27-12-21-37-32-46(64)42(31-38-33-58-40-23-11-10-22-39(38)40)60-50(68)44(30-35-17-6-2-7-18-35)62-51(69)45-25-14-28-63(45)52(70)41(24-13-26-56-47(37)65)59-49(67)43(29-34-15-4-1-5-16-34)61-48(66)36-19-8-3-9-20-36/h1,3-5,8-11,15-16,19-20,22-23,33,35,37,41-45,58H,2,6-7,12-14,17-18,21,24-32H2,(H,56,65)(H,59,67)(H,60,68)(H,61,66)(H,62,69)(H4,54,55,57)/t37-,41+,42+,43+,44-,45+/m1/s1. The number of carbonyl (C=O) groups is 7. The average Bonchev–Trinajstić information content (AvgIpc) is 4.03. The summed E-state index contributed by atoms with van der Waals surface area (Å²) in [6.45, 7) is 0.564. The van der Waals surface area contributed by atoms with Gasteiger partial charge in [-0.15, -0.1) is 0 Å². The highest BCUT2D eigenvalue weighted by atomic mass is 16.2. The number of aliphatic imine (C=N–C) groups is 1. The maximum atomic E-state index is 14.8. The van der Waals surface area contributed by atoms with Crippen LogP contribution in [0.1, 0.15) is 105 Å². The number of Topliss-reactive ketones (excluding diaryl/α,β-unsaturated/α-hetero) is 1. The maximum Gasteiger partial charge on any atom is 0.251 e. The van der Waals surface area contributed by atoms with Crippen molar-refractivity contribution < 1.29 is 33.6 Å². The monoisotopic (exact) mass is 957 g/mol. The number of nitrogens with two attached hydrogens (primary N) is 2.